The van der Waals surface area contributed by atoms with Gasteiger partial charge in [-0.1, -0.05) is 36.9 Å². The lowest BCUT2D eigenvalue weighted by atomic mass is 9.68. The lowest BCUT2D eigenvalue weighted by Crippen LogP contribution is -2.47. The zero-order valence-corrected chi connectivity index (χ0v) is 15.4. The van der Waals surface area contributed by atoms with Crippen LogP contribution in [-0.4, -0.2) is 29.9 Å². The molecule has 0 bridgehead atoms. The predicted molar refractivity (Wildman–Crippen MR) is 101 cm³/mol. The van der Waals surface area contributed by atoms with E-state index in [4.69, 9.17) is 15.2 Å². The van der Waals surface area contributed by atoms with E-state index in [1.165, 1.54) is 17.1 Å². The Hall–Kier alpha value is -3.79. The number of amides is 1. The average molecular weight is 377 g/mol. The van der Waals surface area contributed by atoms with Crippen molar-refractivity contribution < 1.29 is 19.1 Å². The molecule has 0 radical (unpaired) electrons. The van der Waals surface area contributed by atoms with Crippen LogP contribution in [0.1, 0.15) is 12.5 Å². The van der Waals surface area contributed by atoms with Crippen LogP contribution in [0.15, 0.2) is 72.3 Å². The second kappa shape index (κ2) is 7.08. The zero-order chi connectivity index (χ0) is 20.5. The molecule has 0 aliphatic carbocycles. The highest BCUT2D eigenvalue weighted by Crippen LogP contribution is 2.53. The van der Waals surface area contributed by atoms with Crippen LogP contribution in [0.2, 0.25) is 0 Å². The van der Waals surface area contributed by atoms with Crippen LogP contribution in [0.3, 0.4) is 0 Å². The van der Waals surface area contributed by atoms with Gasteiger partial charge in [0, 0.05) is 17.8 Å². The fourth-order valence-electron chi connectivity index (χ4n) is 3.70. The number of ether oxygens (including phenoxy) is 2. The van der Waals surface area contributed by atoms with Gasteiger partial charge >= 0.3 is 5.97 Å². The van der Waals surface area contributed by atoms with Crippen LogP contribution in [-0.2, 0) is 19.7 Å². The number of rotatable bonds is 5. The largest absolute Gasteiger partial charge is 0.458 e. The maximum Gasteiger partial charge on any atom is 0.337 e. The number of fused-ring (bicyclic) bond motifs is 2. The van der Waals surface area contributed by atoms with E-state index in [1.807, 2.05) is 6.07 Å². The van der Waals surface area contributed by atoms with Crippen molar-refractivity contribution in [1.82, 2.24) is 4.90 Å². The molecule has 2 aliphatic rings. The molecule has 1 spiro atoms. The summed E-state index contributed by atoms with van der Waals surface area (Å²) in [5.41, 5.74) is 4.89. The van der Waals surface area contributed by atoms with Crippen LogP contribution in [0.25, 0.3) is 0 Å². The van der Waals surface area contributed by atoms with Gasteiger partial charge in [-0.15, -0.1) is 6.58 Å². The van der Waals surface area contributed by atoms with E-state index in [0.29, 0.717) is 17.0 Å². The van der Waals surface area contributed by atoms with Crippen molar-refractivity contribution in [3.63, 3.8) is 0 Å². The van der Waals surface area contributed by atoms with E-state index in [0.717, 1.165) is 0 Å². The number of carbonyl (C=O) groups excluding carboxylic acids is 2. The summed E-state index contributed by atoms with van der Waals surface area (Å²) in [7, 11) is 0. The molecule has 1 amide bonds. The third-order valence-corrected chi connectivity index (χ3v) is 4.80. The molecule has 0 fully saturated rings. The summed E-state index contributed by atoms with van der Waals surface area (Å²) in [6, 6.07) is 8.66. The van der Waals surface area contributed by atoms with E-state index in [-0.39, 0.29) is 30.2 Å². The third-order valence-electron chi connectivity index (χ3n) is 4.80. The van der Waals surface area contributed by atoms with Crippen LogP contribution in [0, 0.1) is 11.3 Å². The summed E-state index contributed by atoms with van der Waals surface area (Å²) in [6.45, 7) is 8.95. The van der Waals surface area contributed by atoms with E-state index < -0.39 is 17.3 Å². The Kier molecular flexibility index (Phi) is 4.80. The standard InChI is InChI=1S/C21H19N3O4/c1-4-10-24-13(3)17(19(25)27-11-5-2)21(20(24)26)14-8-6-7-9-16(14)28-18(23)15(21)12-22/h4-9H,1-2,10-11,23H2,3H3. The monoisotopic (exact) mass is 377 g/mol. The molecule has 1 unspecified atom stereocenters. The molecule has 0 saturated heterocycles. The molecule has 2 N–H and O–H groups in total. The van der Waals surface area contributed by atoms with Gasteiger partial charge < -0.3 is 20.1 Å². The molecule has 2 aliphatic heterocycles. The van der Waals surface area contributed by atoms with E-state index in [2.05, 4.69) is 13.2 Å². The van der Waals surface area contributed by atoms with Gasteiger partial charge in [-0.2, -0.15) is 5.26 Å². The van der Waals surface area contributed by atoms with Crippen LogP contribution >= 0.6 is 0 Å². The van der Waals surface area contributed by atoms with Gasteiger partial charge in [-0.05, 0) is 13.0 Å². The Morgan fingerprint density at radius 2 is 2.11 bits per heavy atom. The minimum atomic E-state index is -1.74. The quantitative estimate of drug-likeness (QED) is 0.622. The van der Waals surface area contributed by atoms with Crippen molar-refractivity contribution in [2.75, 3.05) is 13.2 Å². The molecule has 3 rings (SSSR count). The number of benzene rings is 1. The Bertz CT molecular complexity index is 999. The Labute approximate surface area is 162 Å². The van der Waals surface area contributed by atoms with Crippen molar-refractivity contribution in [2.45, 2.75) is 12.3 Å². The molecular weight excluding hydrogens is 358 g/mol. The summed E-state index contributed by atoms with van der Waals surface area (Å²) < 4.78 is 10.8. The number of hydrogen-bond donors (Lipinski definition) is 1. The van der Waals surface area contributed by atoms with Gasteiger partial charge in [-0.3, -0.25) is 4.79 Å². The van der Waals surface area contributed by atoms with Crippen LogP contribution in [0.5, 0.6) is 5.75 Å². The molecule has 7 nitrogen and oxygen atoms in total. The average Bonchev–Trinajstić information content (AvgIpc) is 2.89. The summed E-state index contributed by atoms with van der Waals surface area (Å²) in [4.78, 5) is 28.1. The number of nitrogens with two attached hydrogens (primary N) is 1. The molecule has 0 aromatic heterocycles. The number of nitrogens with zero attached hydrogens (tertiary/aromatic N) is 2. The lowest BCUT2D eigenvalue weighted by Gasteiger charge is -2.35. The second-order valence-corrected chi connectivity index (χ2v) is 6.25. The number of carbonyl (C=O) groups is 2. The number of nitriles is 1. The molecular formula is C21H19N3O4. The molecule has 1 aromatic carbocycles. The zero-order valence-electron chi connectivity index (χ0n) is 15.4. The SMILES string of the molecule is C=CCOC(=O)C1=C(C)N(CC=C)C(=O)C12C(C#N)=C(N)Oc1ccccc12. The van der Waals surface area contributed by atoms with Gasteiger partial charge in [0.1, 0.15) is 24.0 Å². The van der Waals surface area contributed by atoms with Crippen molar-refractivity contribution in [3.8, 4) is 11.8 Å². The minimum Gasteiger partial charge on any atom is -0.458 e. The maximum absolute atomic E-state index is 13.7. The number of para-hydroxylation sites is 1. The van der Waals surface area contributed by atoms with Gasteiger partial charge in [0.2, 0.25) is 11.8 Å². The molecule has 7 heteroatoms. The van der Waals surface area contributed by atoms with Crippen molar-refractivity contribution >= 4 is 11.9 Å². The first-order chi connectivity index (χ1) is 13.4. The second-order valence-electron chi connectivity index (χ2n) is 6.25. The maximum atomic E-state index is 13.7. The molecule has 2 heterocycles. The fraction of sp³-hybridized carbons (Fsp3) is 0.190. The van der Waals surface area contributed by atoms with Crippen molar-refractivity contribution in [1.29, 1.82) is 5.26 Å². The lowest BCUT2D eigenvalue weighted by molar-refractivity contribution is -0.140. The van der Waals surface area contributed by atoms with Gasteiger partial charge in [0.05, 0.1) is 5.57 Å². The minimum absolute atomic E-state index is 0.0384. The highest BCUT2D eigenvalue weighted by molar-refractivity contribution is 6.12. The highest BCUT2D eigenvalue weighted by Gasteiger charge is 2.61. The van der Waals surface area contributed by atoms with E-state index >= 15 is 0 Å². The highest BCUT2D eigenvalue weighted by atomic mass is 16.5. The van der Waals surface area contributed by atoms with E-state index in [1.54, 1.807) is 31.2 Å². The summed E-state index contributed by atoms with van der Waals surface area (Å²) in [5.74, 6) is -1.13. The van der Waals surface area contributed by atoms with Gasteiger partial charge in [0.15, 0.2) is 5.41 Å². The first-order valence-corrected chi connectivity index (χ1v) is 8.55. The van der Waals surface area contributed by atoms with E-state index in [9.17, 15) is 14.9 Å². The molecule has 1 aromatic rings. The Morgan fingerprint density at radius 1 is 1.39 bits per heavy atom. The number of hydrogen-bond acceptors (Lipinski definition) is 6. The third kappa shape index (κ3) is 2.42. The number of esters is 1. The topological polar surface area (TPSA) is 106 Å². The van der Waals surface area contributed by atoms with Crippen LogP contribution < -0.4 is 10.5 Å². The van der Waals surface area contributed by atoms with Crippen LogP contribution in [0.4, 0.5) is 0 Å². The van der Waals surface area contributed by atoms with Gasteiger partial charge in [0.25, 0.3) is 0 Å². The Balaban J connectivity index is 2.39. The summed E-state index contributed by atoms with van der Waals surface area (Å²) >= 11 is 0. The van der Waals surface area contributed by atoms with Crippen molar-refractivity contribution in [3.05, 3.63) is 77.9 Å². The fourth-order valence-corrected chi connectivity index (χ4v) is 3.70. The first-order valence-electron chi connectivity index (χ1n) is 8.55. The smallest absolute Gasteiger partial charge is 0.337 e. The van der Waals surface area contributed by atoms with Gasteiger partial charge in [-0.25, -0.2) is 4.79 Å². The Morgan fingerprint density at radius 3 is 2.75 bits per heavy atom. The van der Waals surface area contributed by atoms with Crippen molar-refractivity contribution in [2.24, 2.45) is 5.73 Å². The number of allylic oxidation sites excluding steroid dienone is 1. The molecule has 1 atom stereocenters. The normalized spacial score (nSPS) is 20.6. The molecule has 28 heavy (non-hydrogen) atoms. The first kappa shape index (κ1) is 19.0. The molecule has 0 saturated carbocycles. The molecule has 142 valence electrons. The summed E-state index contributed by atoms with van der Waals surface area (Å²) in [6.07, 6.45) is 2.96. The predicted octanol–water partition coefficient (Wildman–Crippen LogP) is 2.04. The summed E-state index contributed by atoms with van der Waals surface area (Å²) in [5, 5.41) is 9.86.